The predicted octanol–water partition coefficient (Wildman–Crippen LogP) is 1.99. The normalized spacial score (nSPS) is 15.8. The SMILES string of the molecule is CO/N=C1\CCc2c(F)cccc21.CO/N=C1\CCc2c(SC)cccc21.C[S-].[Na+]. The minimum absolute atomic E-state index is 0. The van der Waals surface area contributed by atoms with E-state index < -0.39 is 0 Å². The summed E-state index contributed by atoms with van der Waals surface area (Å²) in [6, 6.07) is 11.4. The molecule has 0 N–H and O–H groups in total. The molecule has 2 aliphatic rings. The second kappa shape index (κ2) is 14.1. The van der Waals surface area contributed by atoms with Gasteiger partial charge >= 0.3 is 29.6 Å². The van der Waals surface area contributed by atoms with Crippen LogP contribution < -0.4 is 29.6 Å². The molecule has 2 aliphatic carbocycles. The van der Waals surface area contributed by atoms with E-state index in [-0.39, 0.29) is 35.4 Å². The van der Waals surface area contributed by atoms with Gasteiger partial charge in [-0.15, -0.1) is 11.8 Å². The first kappa shape index (κ1) is 27.0. The molecular formula is C22H26FN2NaO2S2. The molecule has 0 aliphatic heterocycles. The maximum atomic E-state index is 13.2. The minimum Gasteiger partial charge on any atom is -0.796 e. The summed E-state index contributed by atoms with van der Waals surface area (Å²) in [5.74, 6) is -0.140. The number of rotatable bonds is 3. The number of hydrogen-bond acceptors (Lipinski definition) is 6. The van der Waals surface area contributed by atoms with E-state index in [9.17, 15) is 4.39 Å². The summed E-state index contributed by atoms with van der Waals surface area (Å²) in [6.45, 7) is 0. The first-order chi connectivity index (χ1) is 14.2. The van der Waals surface area contributed by atoms with Crippen LogP contribution in [-0.2, 0) is 35.1 Å². The Morgan fingerprint density at radius 1 is 0.833 bits per heavy atom. The summed E-state index contributed by atoms with van der Waals surface area (Å²) >= 11 is 5.88. The van der Waals surface area contributed by atoms with Gasteiger partial charge in [-0.05, 0) is 55.2 Å². The maximum Gasteiger partial charge on any atom is 1.00 e. The Kier molecular flexibility index (Phi) is 12.8. The topological polar surface area (TPSA) is 43.2 Å². The van der Waals surface area contributed by atoms with E-state index in [1.165, 1.54) is 29.2 Å². The van der Waals surface area contributed by atoms with Gasteiger partial charge in [0, 0.05) is 16.0 Å². The van der Waals surface area contributed by atoms with Gasteiger partial charge < -0.3 is 22.3 Å². The molecule has 4 nitrogen and oxygen atoms in total. The fraction of sp³-hybridized carbons (Fsp3) is 0.364. The minimum atomic E-state index is -0.140. The van der Waals surface area contributed by atoms with E-state index in [1.807, 2.05) is 6.07 Å². The Labute approximate surface area is 210 Å². The molecule has 0 amide bonds. The third kappa shape index (κ3) is 6.50. The second-order valence-corrected chi connectivity index (χ2v) is 7.04. The molecule has 156 valence electrons. The van der Waals surface area contributed by atoms with E-state index in [4.69, 9.17) is 4.84 Å². The van der Waals surface area contributed by atoms with Gasteiger partial charge in [0.2, 0.25) is 0 Å². The van der Waals surface area contributed by atoms with E-state index in [0.717, 1.165) is 48.2 Å². The number of oxime groups is 2. The molecule has 0 fully saturated rings. The summed E-state index contributed by atoms with van der Waals surface area (Å²) in [5, 5.41) is 7.90. The van der Waals surface area contributed by atoms with Crippen molar-refractivity contribution in [2.75, 3.05) is 26.7 Å². The van der Waals surface area contributed by atoms with Crippen molar-refractivity contribution in [3.8, 4) is 0 Å². The van der Waals surface area contributed by atoms with E-state index >= 15 is 0 Å². The van der Waals surface area contributed by atoms with Crippen LogP contribution in [0.3, 0.4) is 0 Å². The van der Waals surface area contributed by atoms with Gasteiger partial charge in [0.15, 0.2) is 0 Å². The van der Waals surface area contributed by atoms with Gasteiger partial charge in [-0.2, -0.15) is 6.26 Å². The standard InChI is InChI=1S/C11H13NOS.C10H10FNO.CH4S.Na/c1-13-12-10-7-6-9-8(10)4-3-5-11(9)14-2;1-13-12-10-6-5-7-8(10)3-2-4-9(7)11;1-2;/h3-5H,6-7H2,1-2H3;2-4H,5-6H2,1H3;2H,1H3;/q;;;+1/p-1/b2*12-10+;;. The van der Waals surface area contributed by atoms with Crippen LogP contribution in [0.1, 0.15) is 35.1 Å². The van der Waals surface area contributed by atoms with Crippen molar-refractivity contribution >= 4 is 35.8 Å². The van der Waals surface area contributed by atoms with Crippen LogP contribution in [0.5, 0.6) is 0 Å². The summed E-state index contributed by atoms with van der Waals surface area (Å²) in [6.07, 6.45) is 7.28. The van der Waals surface area contributed by atoms with Crippen molar-refractivity contribution < 1.29 is 43.6 Å². The van der Waals surface area contributed by atoms with Gasteiger partial charge in [-0.1, -0.05) is 34.6 Å². The van der Waals surface area contributed by atoms with Crippen LogP contribution in [-0.4, -0.2) is 38.2 Å². The van der Waals surface area contributed by atoms with Gasteiger partial charge in [-0.25, -0.2) is 4.39 Å². The number of hydrogen-bond donors (Lipinski definition) is 0. The molecule has 0 spiro atoms. The van der Waals surface area contributed by atoms with Crippen LogP contribution in [0, 0.1) is 5.82 Å². The molecule has 30 heavy (non-hydrogen) atoms. The molecule has 0 unspecified atom stereocenters. The molecule has 0 radical (unpaired) electrons. The molecule has 0 saturated carbocycles. The van der Waals surface area contributed by atoms with Crippen LogP contribution in [0.2, 0.25) is 0 Å². The quantitative estimate of drug-likeness (QED) is 0.307. The molecule has 4 rings (SSSR count). The van der Waals surface area contributed by atoms with Crippen molar-refractivity contribution in [3.05, 3.63) is 64.5 Å². The summed E-state index contributed by atoms with van der Waals surface area (Å²) in [4.78, 5) is 10.9. The number of thioether (sulfide) groups is 1. The van der Waals surface area contributed by atoms with Crippen LogP contribution in [0.25, 0.3) is 0 Å². The molecule has 2 aromatic rings. The fourth-order valence-corrected chi connectivity index (χ4v) is 4.21. The molecule has 0 heterocycles. The van der Waals surface area contributed by atoms with Gasteiger partial charge in [0.05, 0.1) is 11.4 Å². The number of fused-ring (bicyclic) bond motifs is 2. The Morgan fingerprint density at radius 3 is 1.87 bits per heavy atom. The molecule has 0 atom stereocenters. The average molecular weight is 457 g/mol. The van der Waals surface area contributed by atoms with Crippen molar-refractivity contribution in [3.63, 3.8) is 0 Å². The molecular weight excluding hydrogens is 430 g/mol. The second-order valence-electron chi connectivity index (χ2n) is 6.19. The van der Waals surface area contributed by atoms with Gasteiger partial charge in [0.25, 0.3) is 0 Å². The Balaban J connectivity index is 0.000000270. The van der Waals surface area contributed by atoms with Crippen LogP contribution >= 0.6 is 11.8 Å². The zero-order valence-corrected chi connectivity index (χ0v) is 21.8. The molecule has 8 heteroatoms. The summed E-state index contributed by atoms with van der Waals surface area (Å²) < 4.78 is 13.2. The first-order valence-electron chi connectivity index (χ1n) is 9.24. The first-order valence-corrected chi connectivity index (χ1v) is 11.3. The van der Waals surface area contributed by atoms with Crippen LogP contribution in [0.4, 0.5) is 4.39 Å². The molecule has 0 saturated heterocycles. The maximum absolute atomic E-state index is 13.2. The zero-order valence-electron chi connectivity index (χ0n) is 18.2. The molecule has 0 aromatic heterocycles. The van der Waals surface area contributed by atoms with Gasteiger partial charge in [-0.3, -0.25) is 0 Å². The average Bonchev–Trinajstić information content (AvgIpc) is 3.36. The zero-order chi connectivity index (χ0) is 21.2. The van der Waals surface area contributed by atoms with Crippen molar-refractivity contribution in [1.29, 1.82) is 0 Å². The Bertz CT molecular complexity index is 891. The molecule has 0 bridgehead atoms. The van der Waals surface area contributed by atoms with Crippen molar-refractivity contribution in [1.82, 2.24) is 0 Å². The third-order valence-electron chi connectivity index (χ3n) is 4.72. The fourth-order valence-electron chi connectivity index (χ4n) is 3.53. The van der Waals surface area contributed by atoms with E-state index in [2.05, 4.69) is 52.2 Å². The number of nitrogens with zero attached hydrogens (tertiary/aromatic N) is 2. The van der Waals surface area contributed by atoms with Gasteiger partial charge in [0.1, 0.15) is 20.0 Å². The molecule has 2 aromatic carbocycles. The predicted molar refractivity (Wildman–Crippen MR) is 122 cm³/mol. The van der Waals surface area contributed by atoms with E-state index in [0.29, 0.717) is 0 Å². The third-order valence-corrected chi connectivity index (χ3v) is 5.54. The largest absolute Gasteiger partial charge is 1.00 e. The smallest absolute Gasteiger partial charge is 0.796 e. The Morgan fingerprint density at radius 2 is 1.33 bits per heavy atom. The van der Waals surface area contributed by atoms with Crippen molar-refractivity contribution in [2.24, 2.45) is 10.3 Å². The van der Waals surface area contributed by atoms with E-state index in [1.54, 1.807) is 31.2 Å². The monoisotopic (exact) mass is 456 g/mol. The Hall–Kier alpha value is -0.990. The number of benzene rings is 2. The van der Waals surface area contributed by atoms with Crippen LogP contribution in [0.15, 0.2) is 51.6 Å². The number of halogens is 1. The van der Waals surface area contributed by atoms with Crippen molar-refractivity contribution in [2.45, 2.75) is 30.6 Å². The summed E-state index contributed by atoms with van der Waals surface area (Å²) in [7, 11) is 3.10. The summed E-state index contributed by atoms with van der Waals surface area (Å²) in [5.41, 5.74) is 6.27.